The van der Waals surface area contributed by atoms with E-state index in [0.29, 0.717) is 0 Å². The fourth-order valence-electron chi connectivity index (χ4n) is 0.751. The van der Waals surface area contributed by atoms with Gasteiger partial charge < -0.3 is 36.6 Å². The van der Waals surface area contributed by atoms with Crippen LogP contribution in [0.4, 0.5) is 0 Å². The smallest absolute Gasteiger partial charge is 1.00 e. The molecule has 0 amide bonds. The van der Waals surface area contributed by atoms with E-state index in [1.54, 1.807) is 0 Å². The molecule has 0 bridgehead atoms. The molecule has 0 aromatic carbocycles. The number of rotatable bonds is 7. The van der Waals surface area contributed by atoms with E-state index in [4.69, 9.17) is 30.5 Å². The van der Waals surface area contributed by atoms with Gasteiger partial charge in [-0.1, -0.05) is 0 Å². The van der Waals surface area contributed by atoms with Gasteiger partial charge in [0.15, 0.2) is 5.78 Å². The van der Waals surface area contributed by atoms with Gasteiger partial charge in [-0.2, -0.15) is 0 Å². The van der Waals surface area contributed by atoms with Crippen LogP contribution in [0.2, 0.25) is 0 Å². The standard InChI is InChI=1S/C6H13BO8.Na.H/c8-1-3(9)5(11)6(12)4(10)2-15-7(13)14;;/h3,5-6,8-9,11-14H,1-2H2;;/q;+1;-1/t3-,5+,6+;;/m1../s1. The summed E-state index contributed by atoms with van der Waals surface area (Å²) < 4.78 is 4.03. The predicted octanol–water partition coefficient (Wildman–Crippen LogP) is -7.27. The van der Waals surface area contributed by atoms with Crippen LogP contribution in [-0.4, -0.2) is 75.1 Å². The minimum atomic E-state index is -2.17. The number of hydrogen-bond acceptors (Lipinski definition) is 8. The molecule has 0 saturated carbocycles. The topological polar surface area (TPSA) is 148 Å². The average Bonchev–Trinajstić information content (AvgIpc) is 2.22. The van der Waals surface area contributed by atoms with Gasteiger partial charge in [-0.05, 0) is 0 Å². The zero-order valence-electron chi connectivity index (χ0n) is 9.72. The van der Waals surface area contributed by atoms with Crippen LogP contribution in [-0.2, 0) is 9.45 Å². The quantitative estimate of drug-likeness (QED) is 0.243. The van der Waals surface area contributed by atoms with E-state index in [-0.39, 0.29) is 31.0 Å². The SMILES string of the molecule is O=C(COB(O)O)[C@H](O)[C@@H](O)[C@H](O)CO.[H-].[Na+]. The van der Waals surface area contributed by atoms with Gasteiger partial charge in [0.2, 0.25) is 0 Å². The van der Waals surface area contributed by atoms with Crippen molar-refractivity contribution in [2.45, 2.75) is 18.3 Å². The van der Waals surface area contributed by atoms with Crippen molar-refractivity contribution < 1.29 is 70.9 Å². The van der Waals surface area contributed by atoms with Crippen molar-refractivity contribution in [1.29, 1.82) is 0 Å². The molecule has 90 valence electrons. The average molecular weight is 248 g/mol. The van der Waals surface area contributed by atoms with Crippen LogP contribution in [0.25, 0.3) is 0 Å². The number of Topliss-reactive ketones (excluding diaryl/α,β-unsaturated/α-hetero) is 1. The molecule has 0 saturated heterocycles. The molecular weight excluding hydrogens is 234 g/mol. The van der Waals surface area contributed by atoms with E-state index < -0.39 is 44.6 Å². The summed E-state index contributed by atoms with van der Waals surface area (Å²) in [6, 6.07) is 0. The Morgan fingerprint density at radius 2 is 1.81 bits per heavy atom. The molecule has 0 rings (SSSR count). The molecule has 10 heteroatoms. The van der Waals surface area contributed by atoms with Gasteiger partial charge in [-0.15, -0.1) is 0 Å². The maximum atomic E-state index is 11.0. The molecule has 0 spiro atoms. The molecule has 16 heavy (non-hydrogen) atoms. The van der Waals surface area contributed by atoms with E-state index in [1.807, 2.05) is 0 Å². The van der Waals surface area contributed by atoms with E-state index in [0.717, 1.165) is 0 Å². The fourth-order valence-corrected chi connectivity index (χ4v) is 0.751. The Kier molecular flexibility index (Phi) is 11.1. The molecule has 0 fully saturated rings. The minimum Gasteiger partial charge on any atom is -1.00 e. The number of carbonyl (C=O) groups excluding carboxylic acids is 1. The molecule has 0 unspecified atom stereocenters. The normalized spacial score (nSPS) is 15.9. The second-order valence-corrected chi connectivity index (χ2v) is 2.79. The first-order valence-corrected chi connectivity index (χ1v) is 4.05. The van der Waals surface area contributed by atoms with Crippen LogP contribution in [0.5, 0.6) is 0 Å². The van der Waals surface area contributed by atoms with Crippen LogP contribution in [0, 0.1) is 0 Å². The Bertz CT molecular complexity index is 208. The van der Waals surface area contributed by atoms with Gasteiger partial charge in [-0.3, -0.25) is 4.79 Å². The Hall–Kier alpha value is 0.455. The Morgan fingerprint density at radius 3 is 2.19 bits per heavy atom. The van der Waals surface area contributed by atoms with Crippen LogP contribution >= 0.6 is 0 Å². The number of aliphatic hydroxyl groups is 4. The molecule has 0 aromatic heterocycles. The van der Waals surface area contributed by atoms with Gasteiger partial charge in [0.25, 0.3) is 0 Å². The van der Waals surface area contributed by atoms with E-state index in [1.165, 1.54) is 0 Å². The van der Waals surface area contributed by atoms with Crippen molar-refractivity contribution in [3.8, 4) is 0 Å². The van der Waals surface area contributed by atoms with Gasteiger partial charge in [-0.25, -0.2) is 0 Å². The third-order valence-corrected chi connectivity index (χ3v) is 1.61. The molecule has 0 aliphatic rings. The van der Waals surface area contributed by atoms with Crippen molar-refractivity contribution >= 4 is 13.1 Å². The molecular formula is C6H14BNaO8. The van der Waals surface area contributed by atoms with Gasteiger partial charge >= 0.3 is 36.9 Å². The summed E-state index contributed by atoms with van der Waals surface area (Å²) in [6.45, 7) is -1.66. The van der Waals surface area contributed by atoms with E-state index in [2.05, 4.69) is 4.65 Å². The van der Waals surface area contributed by atoms with Crippen LogP contribution in [0.15, 0.2) is 0 Å². The summed E-state index contributed by atoms with van der Waals surface area (Å²) in [5.41, 5.74) is 0. The molecule has 3 atom stereocenters. The van der Waals surface area contributed by atoms with Crippen molar-refractivity contribution in [1.82, 2.24) is 0 Å². The van der Waals surface area contributed by atoms with Crippen LogP contribution in [0.3, 0.4) is 0 Å². The molecule has 6 N–H and O–H groups in total. The molecule has 0 aliphatic heterocycles. The summed E-state index contributed by atoms with van der Waals surface area (Å²) in [4.78, 5) is 11.0. The minimum absolute atomic E-state index is 0. The first-order chi connectivity index (χ1) is 6.90. The van der Waals surface area contributed by atoms with E-state index in [9.17, 15) is 4.79 Å². The van der Waals surface area contributed by atoms with Crippen molar-refractivity contribution in [2.24, 2.45) is 0 Å². The zero-order valence-corrected chi connectivity index (χ0v) is 10.7. The summed E-state index contributed by atoms with van der Waals surface area (Å²) >= 11 is 0. The maximum Gasteiger partial charge on any atom is 1.00 e. The number of aliphatic hydroxyl groups excluding tert-OH is 4. The van der Waals surface area contributed by atoms with Crippen molar-refractivity contribution in [2.75, 3.05) is 13.2 Å². The summed E-state index contributed by atoms with van der Waals surface area (Å²) in [5.74, 6) is -1.05. The van der Waals surface area contributed by atoms with Gasteiger partial charge in [0.1, 0.15) is 18.3 Å². The Morgan fingerprint density at radius 1 is 1.31 bits per heavy atom. The maximum absolute atomic E-state index is 11.0. The molecule has 0 heterocycles. The molecule has 0 aromatic rings. The number of ketones is 1. The van der Waals surface area contributed by atoms with Crippen molar-refractivity contribution in [3.05, 3.63) is 0 Å². The molecule has 8 nitrogen and oxygen atoms in total. The molecule has 0 radical (unpaired) electrons. The first kappa shape index (κ1) is 18.8. The second-order valence-electron chi connectivity index (χ2n) is 2.79. The molecule has 0 aliphatic carbocycles. The number of hydrogen-bond donors (Lipinski definition) is 6. The largest absolute Gasteiger partial charge is 1.00 e. The van der Waals surface area contributed by atoms with Crippen LogP contribution < -0.4 is 29.6 Å². The summed E-state index contributed by atoms with van der Waals surface area (Å²) in [6.07, 6.45) is -5.49. The summed E-state index contributed by atoms with van der Waals surface area (Å²) in [5, 5.41) is 51.9. The zero-order chi connectivity index (χ0) is 12.0. The Balaban J connectivity index is -0.000000980. The Labute approximate surface area is 115 Å². The number of carbonyl (C=O) groups is 1. The van der Waals surface area contributed by atoms with Gasteiger partial charge in [0, 0.05) is 0 Å². The third kappa shape index (κ3) is 6.91. The fraction of sp³-hybridized carbons (Fsp3) is 0.833. The van der Waals surface area contributed by atoms with E-state index >= 15 is 0 Å². The predicted molar refractivity (Wildman–Crippen MR) is 47.4 cm³/mol. The summed E-state index contributed by atoms with van der Waals surface area (Å²) in [7, 11) is -2.17. The van der Waals surface area contributed by atoms with Gasteiger partial charge in [0.05, 0.1) is 13.2 Å². The first-order valence-electron chi connectivity index (χ1n) is 4.05. The third-order valence-electron chi connectivity index (χ3n) is 1.61. The van der Waals surface area contributed by atoms with Crippen molar-refractivity contribution in [3.63, 3.8) is 0 Å². The monoisotopic (exact) mass is 248 g/mol. The van der Waals surface area contributed by atoms with Crippen LogP contribution in [0.1, 0.15) is 1.43 Å². The second kappa shape index (κ2) is 9.48.